The number of carboxylic acids is 1. The number of nitrogens with zero attached hydrogens (tertiary/aromatic N) is 3. The molecule has 0 radical (unpaired) electrons. The van der Waals surface area contributed by atoms with Crippen LogP contribution in [0.25, 0.3) is 0 Å². The first-order valence-corrected chi connectivity index (χ1v) is 6.74. The number of hydrogen-bond acceptors (Lipinski definition) is 4. The molecule has 110 valence electrons. The van der Waals surface area contributed by atoms with E-state index in [2.05, 4.69) is 15.2 Å². The van der Waals surface area contributed by atoms with Gasteiger partial charge >= 0.3 is 5.97 Å². The Balaban J connectivity index is 2.11. The Bertz CT molecular complexity index is 518. The summed E-state index contributed by atoms with van der Waals surface area (Å²) in [6.07, 6.45) is 1.31. The van der Waals surface area contributed by atoms with Gasteiger partial charge in [-0.25, -0.2) is 4.98 Å². The van der Waals surface area contributed by atoms with Crippen molar-refractivity contribution >= 4 is 11.9 Å². The second-order valence-electron chi connectivity index (χ2n) is 6.19. The van der Waals surface area contributed by atoms with Crippen LogP contribution < -0.4 is 0 Å². The van der Waals surface area contributed by atoms with Gasteiger partial charge in [-0.15, -0.1) is 5.10 Å². The maximum atomic E-state index is 12.3. The molecule has 1 fully saturated rings. The van der Waals surface area contributed by atoms with Gasteiger partial charge in [0.05, 0.1) is 5.92 Å². The van der Waals surface area contributed by atoms with Crippen LogP contribution in [0, 0.1) is 5.92 Å². The molecule has 20 heavy (non-hydrogen) atoms. The van der Waals surface area contributed by atoms with E-state index in [1.54, 1.807) is 0 Å². The molecular weight excluding hydrogens is 260 g/mol. The van der Waals surface area contributed by atoms with Gasteiger partial charge in [0.15, 0.2) is 0 Å². The summed E-state index contributed by atoms with van der Waals surface area (Å²) in [7, 11) is 0. The number of carbonyl (C=O) groups is 2. The number of aromatic amines is 1. The lowest BCUT2D eigenvalue weighted by Crippen LogP contribution is -2.42. The van der Waals surface area contributed by atoms with Gasteiger partial charge in [-0.1, -0.05) is 20.8 Å². The minimum absolute atomic E-state index is 0.112. The Morgan fingerprint density at radius 3 is 2.65 bits per heavy atom. The van der Waals surface area contributed by atoms with Crippen molar-refractivity contribution in [3.63, 3.8) is 0 Å². The third-order valence-corrected chi connectivity index (χ3v) is 3.44. The Hall–Kier alpha value is -1.92. The van der Waals surface area contributed by atoms with Crippen LogP contribution >= 0.6 is 0 Å². The van der Waals surface area contributed by atoms with Crippen LogP contribution in [0.15, 0.2) is 0 Å². The van der Waals surface area contributed by atoms with Crippen LogP contribution in [0.1, 0.15) is 50.1 Å². The van der Waals surface area contributed by atoms with E-state index >= 15 is 0 Å². The zero-order valence-electron chi connectivity index (χ0n) is 12.0. The molecule has 1 aliphatic rings. The molecular formula is C13H20N4O3. The third kappa shape index (κ3) is 2.97. The number of hydrogen-bond donors (Lipinski definition) is 2. The van der Waals surface area contributed by atoms with Gasteiger partial charge in [-0.05, 0) is 12.8 Å². The molecule has 2 N–H and O–H groups in total. The highest BCUT2D eigenvalue weighted by molar-refractivity contribution is 5.90. The SMILES string of the molecule is CC(C)(C)c1nc(C(=O)N2CCC[C@H](C(=O)O)C2)n[nH]1. The molecule has 1 aromatic heterocycles. The molecule has 7 heteroatoms. The number of carboxylic acid groups (broad SMARTS) is 1. The molecule has 0 unspecified atom stereocenters. The average molecular weight is 280 g/mol. The van der Waals surface area contributed by atoms with Gasteiger partial charge in [0.25, 0.3) is 5.91 Å². The fourth-order valence-electron chi connectivity index (χ4n) is 2.20. The van der Waals surface area contributed by atoms with Gasteiger partial charge in [0.1, 0.15) is 5.82 Å². The van der Waals surface area contributed by atoms with Gasteiger partial charge in [0.2, 0.25) is 5.82 Å². The first-order valence-electron chi connectivity index (χ1n) is 6.74. The second-order valence-corrected chi connectivity index (χ2v) is 6.19. The largest absolute Gasteiger partial charge is 0.481 e. The number of H-pyrrole nitrogens is 1. The summed E-state index contributed by atoms with van der Waals surface area (Å²) < 4.78 is 0. The molecule has 1 aromatic rings. The fraction of sp³-hybridized carbons (Fsp3) is 0.692. The lowest BCUT2D eigenvalue weighted by atomic mass is 9.96. The third-order valence-electron chi connectivity index (χ3n) is 3.44. The van der Waals surface area contributed by atoms with Crippen molar-refractivity contribution in [3.8, 4) is 0 Å². The van der Waals surface area contributed by atoms with Crippen molar-refractivity contribution < 1.29 is 14.7 Å². The molecule has 1 saturated heterocycles. The Morgan fingerprint density at radius 2 is 2.10 bits per heavy atom. The zero-order valence-corrected chi connectivity index (χ0v) is 12.0. The monoisotopic (exact) mass is 280 g/mol. The van der Waals surface area contributed by atoms with Crippen LogP contribution in [-0.2, 0) is 10.2 Å². The standard InChI is InChI=1S/C13H20N4O3/c1-13(2,3)12-14-9(15-16-12)10(18)17-6-4-5-8(7-17)11(19)20/h8H,4-7H2,1-3H3,(H,19,20)(H,14,15,16)/t8-/m0/s1. The highest BCUT2D eigenvalue weighted by Gasteiger charge is 2.31. The van der Waals surface area contributed by atoms with Crippen molar-refractivity contribution in [1.29, 1.82) is 0 Å². The van der Waals surface area contributed by atoms with E-state index in [-0.39, 0.29) is 23.7 Å². The van der Waals surface area contributed by atoms with Gasteiger partial charge < -0.3 is 10.0 Å². The minimum atomic E-state index is -0.854. The highest BCUT2D eigenvalue weighted by Crippen LogP contribution is 2.20. The summed E-state index contributed by atoms with van der Waals surface area (Å²) >= 11 is 0. The topological polar surface area (TPSA) is 99.2 Å². The quantitative estimate of drug-likeness (QED) is 0.843. The van der Waals surface area contributed by atoms with Crippen LogP contribution in [0.2, 0.25) is 0 Å². The number of nitrogens with one attached hydrogen (secondary N) is 1. The lowest BCUT2D eigenvalue weighted by Gasteiger charge is -2.29. The van der Waals surface area contributed by atoms with Crippen molar-refractivity contribution in [2.45, 2.75) is 39.0 Å². The van der Waals surface area contributed by atoms with Gasteiger partial charge in [0, 0.05) is 18.5 Å². The maximum absolute atomic E-state index is 12.3. The molecule has 2 heterocycles. The van der Waals surface area contributed by atoms with E-state index in [1.807, 2.05) is 20.8 Å². The van der Waals surface area contributed by atoms with E-state index in [0.717, 1.165) is 0 Å². The van der Waals surface area contributed by atoms with Gasteiger partial charge in [-0.2, -0.15) is 0 Å². The average Bonchev–Trinajstić information content (AvgIpc) is 2.87. The summed E-state index contributed by atoms with van der Waals surface area (Å²) in [6.45, 7) is 6.71. The molecule has 2 rings (SSSR count). The van der Waals surface area contributed by atoms with Crippen molar-refractivity contribution in [3.05, 3.63) is 11.6 Å². The number of aromatic nitrogens is 3. The van der Waals surface area contributed by atoms with Crippen LogP contribution in [-0.4, -0.2) is 50.2 Å². The Morgan fingerprint density at radius 1 is 1.40 bits per heavy atom. The number of amides is 1. The second kappa shape index (κ2) is 5.22. The smallest absolute Gasteiger partial charge is 0.308 e. The number of rotatable bonds is 2. The van der Waals surface area contributed by atoms with Crippen LogP contribution in [0.4, 0.5) is 0 Å². The lowest BCUT2D eigenvalue weighted by molar-refractivity contribution is -0.143. The zero-order chi connectivity index (χ0) is 14.9. The highest BCUT2D eigenvalue weighted by atomic mass is 16.4. The summed E-state index contributed by atoms with van der Waals surface area (Å²) in [6, 6.07) is 0. The molecule has 0 aliphatic carbocycles. The maximum Gasteiger partial charge on any atom is 0.308 e. The normalized spacial score (nSPS) is 19.9. The number of carbonyl (C=O) groups excluding carboxylic acids is 1. The molecule has 1 atom stereocenters. The van der Waals surface area contributed by atoms with E-state index in [9.17, 15) is 9.59 Å². The molecule has 0 bridgehead atoms. The summed E-state index contributed by atoms with van der Waals surface area (Å²) in [5.74, 6) is -0.891. The number of likely N-dealkylation sites (tertiary alicyclic amines) is 1. The summed E-state index contributed by atoms with van der Waals surface area (Å²) in [5.41, 5.74) is -0.211. The van der Waals surface area contributed by atoms with E-state index in [0.29, 0.717) is 25.2 Å². The Labute approximate surface area is 117 Å². The van der Waals surface area contributed by atoms with Crippen molar-refractivity contribution in [1.82, 2.24) is 20.1 Å². The minimum Gasteiger partial charge on any atom is -0.481 e. The van der Waals surface area contributed by atoms with E-state index in [1.165, 1.54) is 4.90 Å². The van der Waals surface area contributed by atoms with Crippen molar-refractivity contribution in [2.24, 2.45) is 5.92 Å². The molecule has 1 amide bonds. The molecule has 0 aromatic carbocycles. The molecule has 7 nitrogen and oxygen atoms in total. The van der Waals surface area contributed by atoms with E-state index < -0.39 is 11.9 Å². The predicted molar refractivity (Wildman–Crippen MR) is 71.3 cm³/mol. The van der Waals surface area contributed by atoms with Crippen molar-refractivity contribution in [2.75, 3.05) is 13.1 Å². The summed E-state index contributed by atoms with van der Waals surface area (Å²) in [4.78, 5) is 29.1. The van der Waals surface area contributed by atoms with Crippen LogP contribution in [0.5, 0.6) is 0 Å². The van der Waals surface area contributed by atoms with Crippen LogP contribution in [0.3, 0.4) is 0 Å². The molecule has 0 spiro atoms. The predicted octanol–water partition coefficient (Wildman–Crippen LogP) is 1.04. The fourth-order valence-corrected chi connectivity index (χ4v) is 2.20. The first kappa shape index (κ1) is 14.5. The number of piperidine rings is 1. The number of aliphatic carboxylic acids is 1. The molecule has 0 saturated carbocycles. The Kier molecular flexibility index (Phi) is 3.78. The first-order chi connectivity index (χ1) is 9.29. The summed E-state index contributed by atoms with van der Waals surface area (Å²) in [5, 5.41) is 15.8. The van der Waals surface area contributed by atoms with Gasteiger partial charge in [-0.3, -0.25) is 14.7 Å². The van der Waals surface area contributed by atoms with E-state index in [4.69, 9.17) is 5.11 Å². The molecule has 1 aliphatic heterocycles.